The second-order valence-electron chi connectivity index (χ2n) is 5.71. The molecule has 0 N–H and O–H groups in total. The van der Waals surface area contributed by atoms with Gasteiger partial charge >= 0.3 is 0 Å². The molecule has 0 atom stereocenters. The van der Waals surface area contributed by atoms with Gasteiger partial charge in [0.15, 0.2) is 0 Å². The summed E-state index contributed by atoms with van der Waals surface area (Å²) in [6.45, 7) is 0. The van der Waals surface area contributed by atoms with Gasteiger partial charge in [0, 0.05) is 39.3 Å². The third-order valence-corrected chi connectivity index (χ3v) is 4.24. The van der Waals surface area contributed by atoms with E-state index in [0.29, 0.717) is 5.02 Å². The van der Waals surface area contributed by atoms with Crippen LogP contribution in [0.15, 0.2) is 96.2 Å². The predicted molar refractivity (Wildman–Crippen MR) is 105 cm³/mol. The van der Waals surface area contributed by atoms with Gasteiger partial charge in [0.2, 0.25) is 0 Å². The molecule has 3 aromatic carbocycles. The average Bonchev–Trinajstić information content (AvgIpc) is 2.67. The number of rotatable bonds is 3. The predicted octanol–water partition coefficient (Wildman–Crippen LogP) is 6.06. The van der Waals surface area contributed by atoms with Gasteiger partial charge in [0.25, 0.3) is 0 Å². The molecule has 2 nitrogen and oxygen atoms in total. The Kier molecular flexibility index (Phi) is 4.28. The van der Waals surface area contributed by atoms with E-state index in [2.05, 4.69) is 29.2 Å². The fourth-order valence-corrected chi connectivity index (χ4v) is 3.08. The van der Waals surface area contributed by atoms with Crippen LogP contribution in [0.3, 0.4) is 0 Å². The first-order valence-corrected chi connectivity index (χ1v) is 8.42. The Balaban J connectivity index is 1.97. The van der Waals surface area contributed by atoms with Crippen LogP contribution in [0.5, 0.6) is 0 Å². The minimum atomic E-state index is 0.653. The highest BCUT2D eigenvalue weighted by Crippen LogP contribution is 2.31. The Morgan fingerprint density at radius 3 is 2.08 bits per heavy atom. The molecule has 0 fully saturated rings. The monoisotopic (exact) mass is 342 g/mol. The van der Waals surface area contributed by atoms with E-state index < -0.39 is 0 Å². The van der Waals surface area contributed by atoms with Crippen LogP contribution in [0.25, 0.3) is 10.8 Å². The van der Waals surface area contributed by atoms with Gasteiger partial charge in [0.05, 0.1) is 11.4 Å². The molecule has 25 heavy (non-hydrogen) atoms. The molecule has 0 bridgehead atoms. The van der Waals surface area contributed by atoms with Gasteiger partial charge in [-0.25, -0.2) is 4.99 Å². The summed E-state index contributed by atoms with van der Waals surface area (Å²) in [6, 6.07) is 26.2. The Hall–Kier alpha value is -2.97. The molecular formula is C22H15ClN2. The maximum Gasteiger partial charge on any atom is 0.0781 e. The second-order valence-corrected chi connectivity index (χ2v) is 6.15. The van der Waals surface area contributed by atoms with Gasteiger partial charge < -0.3 is 0 Å². The van der Waals surface area contributed by atoms with Gasteiger partial charge in [0.1, 0.15) is 0 Å². The molecule has 0 radical (unpaired) electrons. The van der Waals surface area contributed by atoms with E-state index in [1.54, 1.807) is 6.20 Å². The van der Waals surface area contributed by atoms with Crippen molar-refractivity contribution in [3.8, 4) is 0 Å². The number of nitrogens with zero attached hydrogens (tertiary/aromatic N) is 2. The lowest BCUT2D eigenvalue weighted by atomic mass is 10.0. The molecule has 4 rings (SSSR count). The molecule has 0 unspecified atom stereocenters. The number of hydrogen-bond donors (Lipinski definition) is 0. The number of halogens is 1. The first kappa shape index (κ1) is 15.6. The zero-order chi connectivity index (χ0) is 17.1. The number of hydrogen-bond acceptors (Lipinski definition) is 2. The van der Waals surface area contributed by atoms with E-state index in [1.807, 2.05) is 60.8 Å². The van der Waals surface area contributed by atoms with Crippen molar-refractivity contribution in [3.05, 3.63) is 107 Å². The van der Waals surface area contributed by atoms with Crippen LogP contribution in [0.2, 0.25) is 5.02 Å². The minimum Gasteiger partial charge on any atom is -0.264 e. The molecule has 120 valence electrons. The third kappa shape index (κ3) is 3.30. The van der Waals surface area contributed by atoms with Gasteiger partial charge in [-0.1, -0.05) is 72.3 Å². The highest BCUT2D eigenvalue weighted by atomic mass is 35.5. The van der Waals surface area contributed by atoms with E-state index in [4.69, 9.17) is 16.6 Å². The fraction of sp³-hybridized carbons (Fsp3) is 0. The van der Waals surface area contributed by atoms with Crippen molar-refractivity contribution in [2.24, 2.45) is 4.99 Å². The molecular weight excluding hydrogens is 328 g/mol. The molecule has 0 aliphatic heterocycles. The van der Waals surface area contributed by atoms with E-state index in [9.17, 15) is 0 Å². The van der Waals surface area contributed by atoms with Crippen molar-refractivity contribution in [1.29, 1.82) is 0 Å². The van der Waals surface area contributed by atoms with Crippen LogP contribution in [0, 0.1) is 0 Å². The molecule has 0 saturated heterocycles. The summed E-state index contributed by atoms with van der Waals surface area (Å²) in [7, 11) is 0. The topological polar surface area (TPSA) is 25.2 Å². The average molecular weight is 343 g/mol. The van der Waals surface area contributed by atoms with Crippen LogP contribution < -0.4 is 0 Å². The SMILES string of the molecule is Clc1cc(N=C(c2ccccc2)c2ccccc2)c2ccncc2c1. The van der Waals surface area contributed by atoms with Crippen LogP contribution in [0.1, 0.15) is 11.1 Å². The maximum atomic E-state index is 6.30. The number of fused-ring (bicyclic) bond motifs is 1. The zero-order valence-electron chi connectivity index (χ0n) is 13.4. The van der Waals surface area contributed by atoms with Crippen molar-refractivity contribution < 1.29 is 0 Å². The molecule has 0 saturated carbocycles. The van der Waals surface area contributed by atoms with Gasteiger partial charge in [-0.3, -0.25) is 4.98 Å². The maximum absolute atomic E-state index is 6.30. The van der Waals surface area contributed by atoms with E-state index in [0.717, 1.165) is 33.3 Å². The van der Waals surface area contributed by atoms with E-state index in [1.165, 1.54) is 0 Å². The Morgan fingerprint density at radius 2 is 1.44 bits per heavy atom. The van der Waals surface area contributed by atoms with Crippen molar-refractivity contribution in [2.45, 2.75) is 0 Å². The Morgan fingerprint density at radius 1 is 0.800 bits per heavy atom. The summed E-state index contributed by atoms with van der Waals surface area (Å²) >= 11 is 6.30. The second kappa shape index (κ2) is 6.88. The molecule has 0 aliphatic rings. The van der Waals surface area contributed by atoms with E-state index in [-0.39, 0.29) is 0 Å². The molecule has 0 spiro atoms. The summed E-state index contributed by atoms with van der Waals surface area (Å²) in [4.78, 5) is 9.18. The summed E-state index contributed by atoms with van der Waals surface area (Å²) in [6.07, 6.45) is 3.59. The van der Waals surface area contributed by atoms with Gasteiger partial charge in [-0.2, -0.15) is 0 Å². The van der Waals surface area contributed by atoms with Crippen molar-refractivity contribution in [3.63, 3.8) is 0 Å². The fourth-order valence-electron chi connectivity index (χ4n) is 2.85. The lowest BCUT2D eigenvalue weighted by Crippen LogP contribution is -2.02. The Bertz CT molecular complexity index is 1000. The Labute approximate surface area is 151 Å². The molecule has 1 heterocycles. The molecule has 0 amide bonds. The van der Waals surface area contributed by atoms with E-state index >= 15 is 0 Å². The van der Waals surface area contributed by atoms with Crippen LogP contribution in [0.4, 0.5) is 5.69 Å². The smallest absolute Gasteiger partial charge is 0.0781 e. The van der Waals surface area contributed by atoms with Crippen molar-refractivity contribution in [1.82, 2.24) is 4.98 Å². The molecule has 1 aromatic heterocycles. The largest absolute Gasteiger partial charge is 0.264 e. The van der Waals surface area contributed by atoms with Crippen molar-refractivity contribution in [2.75, 3.05) is 0 Å². The first-order chi connectivity index (χ1) is 12.3. The summed E-state index contributed by atoms with van der Waals surface area (Å²) in [5, 5.41) is 2.66. The zero-order valence-corrected chi connectivity index (χ0v) is 14.2. The minimum absolute atomic E-state index is 0.653. The number of benzene rings is 3. The molecule has 0 aliphatic carbocycles. The summed E-state index contributed by atoms with van der Waals surface area (Å²) in [5.41, 5.74) is 3.89. The number of aromatic nitrogens is 1. The third-order valence-electron chi connectivity index (χ3n) is 4.02. The van der Waals surface area contributed by atoms with Crippen LogP contribution >= 0.6 is 11.6 Å². The molecule has 4 aromatic rings. The quantitative estimate of drug-likeness (QED) is 0.415. The van der Waals surface area contributed by atoms with Crippen LogP contribution in [-0.2, 0) is 0 Å². The van der Waals surface area contributed by atoms with Gasteiger partial charge in [-0.15, -0.1) is 0 Å². The lowest BCUT2D eigenvalue weighted by molar-refractivity contribution is 1.36. The lowest BCUT2D eigenvalue weighted by Gasteiger charge is -2.09. The normalized spacial score (nSPS) is 10.6. The highest BCUT2D eigenvalue weighted by molar-refractivity contribution is 6.32. The number of pyridine rings is 1. The van der Waals surface area contributed by atoms with Crippen molar-refractivity contribution >= 4 is 33.8 Å². The first-order valence-electron chi connectivity index (χ1n) is 8.04. The standard InChI is InChI=1S/C22H15ClN2/c23-19-13-18-15-24-12-11-20(18)21(14-19)25-22(16-7-3-1-4-8-16)17-9-5-2-6-10-17/h1-15H. The van der Waals surface area contributed by atoms with Crippen LogP contribution in [-0.4, -0.2) is 10.7 Å². The molecule has 3 heteroatoms. The highest BCUT2D eigenvalue weighted by Gasteiger charge is 2.09. The summed E-state index contributed by atoms with van der Waals surface area (Å²) < 4.78 is 0. The number of aliphatic imine (C=N–C) groups is 1. The van der Waals surface area contributed by atoms with Gasteiger partial charge in [-0.05, 0) is 18.2 Å². The summed E-state index contributed by atoms with van der Waals surface area (Å²) in [5.74, 6) is 0.